The van der Waals surface area contributed by atoms with Gasteiger partial charge in [0.05, 0.1) is 4.90 Å². The molecule has 1 amide bonds. The number of carbonyl (C=O) groups is 1. The van der Waals surface area contributed by atoms with E-state index < -0.39 is 10.0 Å². The van der Waals surface area contributed by atoms with Crippen molar-refractivity contribution in [1.29, 1.82) is 0 Å². The lowest BCUT2D eigenvalue weighted by molar-refractivity contribution is 0.102. The Kier molecular flexibility index (Phi) is 6.71. The van der Waals surface area contributed by atoms with E-state index in [1.807, 2.05) is 32.0 Å². The lowest BCUT2D eigenvalue weighted by atomic mass is 10.1. The molecule has 0 bridgehead atoms. The Morgan fingerprint density at radius 1 is 1.00 bits per heavy atom. The summed E-state index contributed by atoms with van der Waals surface area (Å²) >= 11 is 0. The highest BCUT2D eigenvalue weighted by Gasteiger charge is 2.22. The van der Waals surface area contributed by atoms with Crippen molar-refractivity contribution < 1.29 is 13.2 Å². The molecule has 6 heteroatoms. The van der Waals surface area contributed by atoms with Gasteiger partial charge in [0.15, 0.2) is 0 Å². The summed E-state index contributed by atoms with van der Waals surface area (Å²) in [6.07, 6.45) is 3.04. The summed E-state index contributed by atoms with van der Waals surface area (Å²) in [4.78, 5) is 12.6. The predicted octanol–water partition coefficient (Wildman–Crippen LogP) is 3.92. The minimum absolute atomic E-state index is 0.120. The van der Waals surface area contributed by atoms with Crippen LogP contribution in [-0.4, -0.2) is 31.7 Å². The minimum Gasteiger partial charge on any atom is -0.322 e. The Labute approximate surface area is 161 Å². The molecular formula is C21H24N2O3S. The maximum absolute atomic E-state index is 12.7. The molecule has 0 fully saturated rings. The van der Waals surface area contributed by atoms with E-state index >= 15 is 0 Å². The second-order valence-corrected chi connectivity index (χ2v) is 8.19. The van der Waals surface area contributed by atoms with Gasteiger partial charge in [0.25, 0.3) is 5.91 Å². The van der Waals surface area contributed by atoms with Crippen LogP contribution in [0.4, 0.5) is 5.69 Å². The van der Waals surface area contributed by atoms with Gasteiger partial charge in [-0.25, -0.2) is 8.42 Å². The van der Waals surface area contributed by atoms with Gasteiger partial charge in [-0.1, -0.05) is 18.2 Å². The summed E-state index contributed by atoms with van der Waals surface area (Å²) in [6, 6.07) is 11.7. The van der Waals surface area contributed by atoms with Crippen LogP contribution in [0.25, 0.3) is 0 Å². The third kappa shape index (κ3) is 5.15. The molecule has 27 heavy (non-hydrogen) atoms. The Morgan fingerprint density at radius 2 is 1.52 bits per heavy atom. The fraction of sp³-hybridized carbons (Fsp3) is 0.190. The Balaban J connectivity index is 2.21. The van der Waals surface area contributed by atoms with Crippen molar-refractivity contribution in [2.75, 3.05) is 18.4 Å². The van der Waals surface area contributed by atoms with Crippen LogP contribution in [0.3, 0.4) is 0 Å². The first-order valence-corrected chi connectivity index (χ1v) is 9.93. The molecular weight excluding hydrogens is 360 g/mol. The standard InChI is InChI=1S/C21H24N2O3S/c1-5-11-23(12-6-2)27(25,26)20-9-7-18(8-10-20)21(24)22-19-14-16(3)13-17(4)15-19/h5-10,13-15H,1-2,11-12H2,3-4H3,(H,22,24). The number of nitrogens with one attached hydrogen (secondary N) is 1. The molecule has 1 N–H and O–H groups in total. The normalized spacial score (nSPS) is 11.2. The van der Waals surface area contributed by atoms with Gasteiger partial charge in [-0.05, 0) is 61.4 Å². The second-order valence-electron chi connectivity index (χ2n) is 6.25. The molecule has 0 aliphatic heterocycles. The van der Waals surface area contributed by atoms with Crippen molar-refractivity contribution in [1.82, 2.24) is 4.31 Å². The predicted molar refractivity (Wildman–Crippen MR) is 109 cm³/mol. The highest BCUT2D eigenvalue weighted by Crippen LogP contribution is 2.18. The minimum atomic E-state index is -3.68. The van der Waals surface area contributed by atoms with Crippen molar-refractivity contribution in [3.8, 4) is 0 Å². The van der Waals surface area contributed by atoms with E-state index in [1.54, 1.807) is 0 Å². The fourth-order valence-electron chi connectivity index (χ4n) is 2.74. The SMILES string of the molecule is C=CCN(CC=C)S(=O)(=O)c1ccc(C(=O)Nc2cc(C)cc(C)c2)cc1. The van der Waals surface area contributed by atoms with E-state index in [1.165, 1.54) is 40.7 Å². The van der Waals surface area contributed by atoms with Gasteiger partial charge in [0.2, 0.25) is 10.0 Å². The summed E-state index contributed by atoms with van der Waals surface area (Å²) in [5, 5.41) is 2.84. The zero-order valence-electron chi connectivity index (χ0n) is 15.6. The third-order valence-electron chi connectivity index (χ3n) is 3.90. The van der Waals surface area contributed by atoms with E-state index in [-0.39, 0.29) is 23.9 Å². The maximum atomic E-state index is 12.7. The molecule has 0 spiro atoms. The average Bonchev–Trinajstić information content (AvgIpc) is 2.60. The molecule has 2 rings (SSSR count). The monoisotopic (exact) mass is 384 g/mol. The zero-order valence-corrected chi connectivity index (χ0v) is 16.4. The van der Waals surface area contributed by atoms with Crippen LogP contribution in [0.15, 0.2) is 72.7 Å². The van der Waals surface area contributed by atoms with Gasteiger partial charge in [0.1, 0.15) is 0 Å². The first-order chi connectivity index (χ1) is 12.8. The number of aryl methyl sites for hydroxylation is 2. The number of anilines is 1. The number of hydrogen-bond acceptors (Lipinski definition) is 3. The molecule has 0 aliphatic carbocycles. The number of sulfonamides is 1. The molecule has 0 unspecified atom stereocenters. The van der Waals surface area contributed by atoms with Crippen molar-refractivity contribution in [2.45, 2.75) is 18.7 Å². The lowest BCUT2D eigenvalue weighted by Crippen LogP contribution is -2.31. The molecule has 0 heterocycles. The van der Waals surface area contributed by atoms with Crippen LogP contribution in [0, 0.1) is 13.8 Å². The molecule has 0 saturated heterocycles. The van der Waals surface area contributed by atoms with Gasteiger partial charge in [-0.15, -0.1) is 13.2 Å². The largest absolute Gasteiger partial charge is 0.322 e. The summed E-state index contributed by atoms with van der Waals surface area (Å²) < 4.78 is 26.6. The van der Waals surface area contributed by atoms with E-state index in [0.717, 1.165) is 11.1 Å². The third-order valence-corrected chi connectivity index (χ3v) is 5.75. The average molecular weight is 385 g/mol. The zero-order chi connectivity index (χ0) is 20.0. The van der Waals surface area contributed by atoms with Gasteiger partial charge < -0.3 is 5.32 Å². The molecule has 0 aliphatic rings. The lowest BCUT2D eigenvalue weighted by Gasteiger charge is -2.19. The molecule has 5 nitrogen and oxygen atoms in total. The van der Waals surface area contributed by atoms with Crippen molar-refractivity contribution in [3.05, 3.63) is 84.5 Å². The van der Waals surface area contributed by atoms with Crippen LogP contribution in [0.5, 0.6) is 0 Å². The highest BCUT2D eigenvalue weighted by atomic mass is 32.2. The Morgan fingerprint density at radius 3 is 2.00 bits per heavy atom. The van der Waals surface area contributed by atoms with Gasteiger partial charge >= 0.3 is 0 Å². The summed E-state index contributed by atoms with van der Waals surface area (Å²) in [7, 11) is -3.68. The first-order valence-electron chi connectivity index (χ1n) is 8.49. The number of hydrogen-bond donors (Lipinski definition) is 1. The van der Waals surface area contributed by atoms with E-state index in [2.05, 4.69) is 18.5 Å². The summed E-state index contributed by atoms with van der Waals surface area (Å²) in [5.74, 6) is -0.294. The van der Waals surface area contributed by atoms with Gasteiger partial charge in [0, 0.05) is 24.3 Å². The number of carbonyl (C=O) groups excluding carboxylic acids is 1. The van der Waals surface area contributed by atoms with Crippen molar-refractivity contribution in [3.63, 3.8) is 0 Å². The van der Waals surface area contributed by atoms with Crippen LogP contribution in [0.1, 0.15) is 21.5 Å². The van der Waals surface area contributed by atoms with Gasteiger partial charge in [-0.2, -0.15) is 4.31 Å². The Bertz CT molecular complexity index is 918. The first kappa shape index (κ1) is 20.6. The van der Waals surface area contributed by atoms with E-state index in [4.69, 9.17) is 0 Å². The van der Waals surface area contributed by atoms with Crippen molar-refractivity contribution >= 4 is 21.6 Å². The summed E-state index contributed by atoms with van der Waals surface area (Å²) in [5.41, 5.74) is 3.19. The van der Waals surface area contributed by atoms with E-state index in [9.17, 15) is 13.2 Å². The number of benzene rings is 2. The van der Waals surface area contributed by atoms with Crippen LogP contribution in [-0.2, 0) is 10.0 Å². The fourth-order valence-corrected chi connectivity index (χ4v) is 4.12. The quantitative estimate of drug-likeness (QED) is 0.702. The topological polar surface area (TPSA) is 66.5 Å². The Hall–Kier alpha value is -2.70. The summed E-state index contributed by atoms with van der Waals surface area (Å²) in [6.45, 7) is 11.5. The molecule has 0 saturated carbocycles. The molecule has 0 aromatic heterocycles. The van der Waals surface area contributed by atoms with Crippen LogP contribution in [0.2, 0.25) is 0 Å². The number of nitrogens with zero attached hydrogens (tertiary/aromatic N) is 1. The maximum Gasteiger partial charge on any atom is 0.255 e. The number of rotatable bonds is 8. The molecule has 0 radical (unpaired) electrons. The smallest absolute Gasteiger partial charge is 0.255 e. The highest BCUT2D eigenvalue weighted by molar-refractivity contribution is 7.89. The molecule has 2 aromatic rings. The number of amides is 1. The van der Waals surface area contributed by atoms with Crippen molar-refractivity contribution in [2.24, 2.45) is 0 Å². The molecule has 2 aromatic carbocycles. The second kappa shape index (κ2) is 8.79. The molecule has 142 valence electrons. The molecule has 0 atom stereocenters. The van der Waals surface area contributed by atoms with Gasteiger partial charge in [-0.3, -0.25) is 4.79 Å². The van der Waals surface area contributed by atoms with Crippen LogP contribution < -0.4 is 5.32 Å². The van der Waals surface area contributed by atoms with E-state index in [0.29, 0.717) is 11.3 Å². The van der Waals surface area contributed by atoms with Crippen LogP contribution >= 0.6 is 0 Å².